The smallest absolute Gasteiger partial charge is 0.262 e. The van der Waals surface area contributed by atoms with Crippen LogP contribution in [0.2, 0.25) is 0 Å². The van der Waals surface area contributed by atoms with Gasteiger partial charge in [0.15, 0.2) is 0 Å². The topological polar surface area (TPSA) is 75.6 Å². The molecule has 0 saturated heterocycles. The fourth-order valence-electron chi connectivity index (χ4n) is 1.60. The Morgan fingerprint density at radius 3 is 2.60 bits per heavy atom. The first-order chi connectivity index (χ1) is 9.42. The van der Waals surface area contributed by atoms with Gasteiger partial charge in [-0.2, -0.15) is 0 Å². The number of anilines is 1. The molecule has 0 aliphatic rings. The Balaban J connectivity index is 2.38. The van der Waals surface area contributed by atoms with Gasteiger partial charge < -0.3 is 9.84 Å². The Labute approximate surface area is 115 Å². The van der Waals surface area contributed by atoms with E-state index < -0.39 is 15.8 Å². The molecule has 0 heterocycles. The van der Waals surface area contributed by atoms with E-state index in [2.05, 4.69) is 4.72 Å². The molecule has 0 aromatic heterocycles. The molecule has 0 saturated carbocycles. The third-order valence-corrected chi connectivity index (χ3v) is 3.90. The van der Waals surface area contributed by atoms with Crippen molar-refractivity contribution in [3.05, 3.63) is 48.3 Å². The van der Waals surface area contributed by atoms with Crippen LogP contribution in [0.5, 0.6) is 11.5 Å². The van der Waals surface area contributed by atoms with Gasteiger partial charge in [-0.05, 0) is 24.3 Å². The highest BCUT2D eigenvalue weighted by atomic mass is 32.2. The molecule has 2 aromatic rings. The van der Waals surface area contributed by atoms with Crippen molar-refractivity contribution in [3.63, 3.8) is 0 Å². The van der Waals surface area contributed by atoms with E-state index in [9.17, 15) is 17.9 Å². The van der Waals surface area contributed by atoms with Crippen LogP contribution >= 0.6 is 0 Å². The highest BCUT2D eigenvalue weighted by Gasteiger charge is 2.17. The van der Waals surface area contributed by atoms with Crippen molar-refractivity contribution in [1.82, 2.24) is 0 Å². The summed E-state index contributed by atoms with van der Waals surface area (Å²) in [5.74, 6) is -0.644. The summed E-state index contributed by atoms with van der Waals surface area (Å²) in [5.41, 5.74) is 0.109. The largest absolute Gasteiger partial charge is 0.508 e. The zero-order valence-electron chi connectivity index (χ0n) is 10.5. The quantitative estimate of drug-likeness (QED) is 0.908. The summed E-state index contributed by atoms with van der Waals surface area (Å²) in [6.45, 7) is 0. The van der Waals surface area contributed by atoms with Gasteiger partial charge in [-0.1, -0.05) is 6.07 Å². The van der Waals surface area contributed by atoms with Crippen LogP contribution in [0.3, 0.4) is 0 Å². The second-order valence-corrected chi connectivity index (χ2v) is 5.63. The maximum atomic E-state index is 13.1. The second kappa shape index (κ2) is 5.38. The maximum Gasteiger partial charge on any atom is 0.262 e. The number of halogens is 1. The van der Waals surface area contributed by atoms with Crippen molar-refractivity contribution in [1.29, 1.82) is 0 Å². The molecule has 0 aliphatic heterocycles. The summed E-state index contributed by atoms with van der Waals surface area (Å²) in [6.07, 6.45) is 0. The number of rotatable bonds is 4. The first-order valence-electron chi connectivity index (χ1n) is 5.58. The normalized spacial score (nSPS) is 11.1. The molecule has 0 aliphatic carbocycles. The van der Waals surface area contributed by atoms with Crippen molar-refractivity contribution in [2.45, 2.75) is 4.90 Å². The van der Waals surface area contributed by atoms with Crippen LogP contribution in [0.4, 0.5) is 10.1 Å². The summed E-state index contributed by atoms with van der Waals surface area (Å²) in [4.78, 5) is -0.108. The molecule has 106 valence electrons. The van der Waals surface area contributed by atoms with Crippen molar-refractivity contribution in [2.75, 3.05) is 11.8 Å². The predicted molar refractivity (Wildman–Crippen MR) is 71.9 cm³/mol. The van der Waals surface area contributed by atoms with Gasteiger partial charge in [-0.25, -0.2) is 12.8 Å². The summed E-state index contributed by atoms with van der Waals surface area (Å²) in [7, 11) is -2.59. The Hall–Kier alpha value is -2.28. The van der Waals surface area contributed by atoms with Gasteiger partial charge in [0.05, 0.1) is 17.7 Å². The van der Waals surface area contributed by atoms with Gasteiger partial charge in [-0.3, -0.25) is 4.72 Å². The number of hydrogen-bond donors (Lipinski definition) is 2. The SMILES string of the molecule is COc1cc(F)ccc1NS(=O)(=O)c1cccc(O)c1. The van der Waals surface area contributed by atoms with Crippen LogP contribution in [-0.4, -0.2) is 20.6 Å². The number of hydrogen-bond acceptors (Lipinski definition) is 4. The van der Waals surface area contributed by atoms with Crippen LogP contribution in [0.1, 0.15) is 0 Å². The van der Waals surface area contributed by atoms with Crippen LogP contribution in [0.25, 0.3) is 0 Å². The summed E-state index contributed by atoms with van der Waals surface area (Å²) < 4.78 is 44.5. The van der Waals surface area contributed by atoms with Crippen LogP contribution in [0.15, 0.2) is 47.4 Å². The van der Waals surface area contributed by atoms with Gasteiger partial charge in [-0.15, -0.1) is 0 Å². The highest BCUT2D eigenvalue weighted by Crippen LogP contribution is 2.28. The molecule has 2 N–H and O–H groups in total. The molecule has 0 radical (unpaired) electrons. The number of nitrogens with one attached hydrogen (secondary N) is 1. The van der Waals surface area contributed by atoms with Crippen molar-refractivity contribution >= 4 is 15.7 Å². The standard InChI is InChI=1S/C13H12FNO4S/c1-19-13-7-9(14)5-6-12(13)15-20(17,18)11-4-2-3-10(16)8-11/h2-8,15-16H,1H3. The van der Waals surface area contributed by atoms with E-state index in [0.717, 1.165) is 18.2 Å². The zero-order valence-corrected chi connectivity index (χ0v) is 11.3. The lowest BCUT2D eigenvalue weighted by atomic mass is 10.3. The minimum absolute atomic E-state index is 0.0636. The molecule has 2 aromatic carbocycles. The van der Waals surface area contributed by atoms with E-state index in [1.54, 1.807) is 0 Å². The average molecular weight is 297 g/mol. The second-order valence-electron chi connectivity index (χ2n) is 3.95. The molecule has 0 bridgehead atoms. The van der Waals surface area contributed by atoms with Crippen molar-refractivity contribution < 1.29 is 22.7 Å². The van der Waals surface area contributed by atoms with Gasteiger partial charge >= 0.3 is 0 Å². The van der Waals surface area contributed by atoms with Crippen molar-refractivity contribution in [3.8, 4) is 11.5 Å². The summed E-state index contributed by atoms with van der Waals surface area (Å²) >= 11 is 0. The van der Waals surface area contributed by atoms with E-state index in [1.165, 1.54) is 31.4 Å². The van der Waals surface area contributed by atoms with Gasteiger partial charge in [0, 0.05) is 12.1 Å². The predicted octanol–water partition coefficient (Wildman–Crippen LogP) is 2.34. The molecule has 0 fully saturated rings. The number of benzene rings is 2. The van der Waals surface area contributed by atoms with E-state index in [4.69, 9.17) is 4.74 Å². The monoisotopic (exact) mass is 297 g/mol. The molecule has 0 spiro atoms. The van der Waals surface area contributed by atoms with Crippen LogP contribution < -0.4 is 9.46 Å². The first kappa shape index (κ1) is 14.1. The average Bonchev–Trinajstić information content (AvgIpc) is 2.40. The maximum absolute atomic E-state index is 13.1. The third kappa shape index (κ3) is 3.00. The van der Waals surface area contributed by atoms with Gasteiger partial charge in [0.2, 0.25) is 0 Å². The van der Waals surface area contributed by atoms with E-state index in [1.807, 2.05) is 0 Å². The van der Waals surface area contributed by atoms with Crippen molar-refractivity contribution in [2.24, 2.45) is 0 Å². The number of phenolic OH excluding ortho intramolecular Hbond substituents is 1. The zero-order chi connectivity index (χ0) is 14.8. The molecule has 7 heteroatoms. The van der Waals surface area contributed by atoms with E-state index >= 15 is 0 Å². The Kier molecular flexibility index (Phi) is 3.80. The fraction of sp³-hybridized carbons (Fsp3) is 0.0769. The fourth-order valence-corrected chi connectivity index (χ4v) is 2.71. The Bertz CT molecular complexity index is 731. The molecule has 0 atom stereocenters. The molecular formula is C13H12FNO4S. The summed E-state index contributed by atoms with van der Waals surface area (Å²) in [6, 6.07) is 8.65. The first-order valence-corrected chi connectivity index (χ1v) is 7.06. The Morgan fingerprint density at radius 1 is 1.20 bits per heavy atom. The number of sulfonamides is 1. The number of aromatic hydroxyl groups is 1. The molecule has 0 amide bonds. The third-order valence-electron chi connectivity index (χ3n) is 2.54. The van der Waals surface area contributed by atoms with Gasteiger partial charge in [0.25, 0.3) is 10.0 Å². The lowest BCUT2D eigenvalue weighted by Crippen LogP contribution is -2.13. The van der Waals surface area contributed by atoms with E-state index in [-0.39, 0.29) is 22.1 Å². The molecule has 20 heavy (non-hydrogen) atoms. The molecule has 0 unspecified atom stereocenters. The van der Waals surface area contributed by atoms with Gasteiger partial charge in [0.1, 0.15) is 17.3 Å². The number of ether oxygens (including phenoxy) is 1. The molecular weight excluding hydrogens is 285 g/mol. The van der Waals surface area contributed by atoms with Crippen LogP contribution in [-0.2, 0) is 10.0 Å². The minimum Gasteiger partial charge on any atom is -0.508 e. The molecule has 2 rings (SSSR count). The van der Waals surface area contributed by atoms with Crippen LogP contribution in [0, 0.1) is 5.82 Å². The summed E-state index contributed by atoms with van der Waals surface area (Å²) in [5, 5.41) is 9.31. The molecule has 5 nitrogen and oxygen atoms in total. The number of phenols is 1. The lowest BCUT2D eigenvalue weighted by molar-refractivity contribution is 0.413. The number of methoxy groups -OCH3 is 1. The Morgan fingerprint density at radius 2 is 1.95 bits per heavy atom. The lowest BCUT2D eigenvalue weighted by Gasteiger charge is -2.12. The van der Waals surface area contributed by atoms with E-state index in [0.29, 0.717) is 0 Å². The highest BCUT2D eigenvalue weighted by molar-refractivity contribution is 7.92. The minimum atomic E-state index is -3.89.